The molecule has 0 spiro atoms. The molecule has 19 heavy (non-hydrogen) atoms. The fraction of sp³-hybridized carbons (Fsp3) is 0.429. The second-order valence-corrected chi connectivity index (χ2v) is 4.47. The van der Waals surface area contributed by atoms with Crippen molar-refractivity contribution in [2.24, 2.45) is 0 Å². The van der Waals surface area contributed by atoms with Gasteiger partial charge in [0.25, 0.3) is 0 Å². The van der Waals surface area contributed by atoms with Crippen molar-refractivity contribution in [3.8, 4) is 0 Å². The summed E-state index contributed by atoms with van der Waals surface area (Å²) in [5.74, 6) is -0.914. The Morgan fingerprint density at radius 1 is 1.32 bits per heavy atom. The summed E-state index contributed by atoms with van der Waals surface area (Å²) in [6.07, 6.45) is 0.729. The molecule has 0 saturated heterocycles. The van der Waals surface area contributed by atoms with E-state index < -0.39 is 5.97 Å². The fourth-order valence-electron chi connectivity index (χ4n) is 1.69. The molecule has 5 nitrogen and oxygen atoms in total. The molecular weight excluding hydrogens is 244 g/mol. The summed E-state index contributed by atoms with van der Waals surface area (Å²) in [7, 11) is 1.70. The minimum atomic E-state index is -0.914. The molecule has 1 aromatic carbocycles. The number of carboxylic acids is 1. The number of hydrogen-bond donors (Lipinski definition) is 2. The van der Waals surface area contributed by atoms with Gasteiger partial charge in [0.05, 0.1) is 6.42 Å². The Bertz CT molecular complexity index is 446. The van der Waals surface area contributed by atoms with Crippen LogP contribution in [0.3, 0.4) is 0 Å². The molecule has 104 valence electrons. The zero-order valence-corrected chi connectivity index (χ0v) is 11.3. The van der Waals surface area contributed by atoms with Crippen LogP contribution in [0.4, 0.5) is 4.79 Å². The Hall–Kier alpha value is -2.04. The van der Waals surface area contributed by atoms with Gasteiger partial charge in [0.15, 0.2) is 0 Å². The summed E-state index contributed by atoms with van der Waals surface area (Å²) in [6, 6.07) is 7.82. The van der Waals surface area contributed by atoms with Crippen LogP contribution >= 0.6 is 0 Å². The highest BCUT2D eigenvalue weighted by molar-refractivity contribution is 5.74. The third-order valence-electron chi connectivity index (χ3n) is 2.94. The lowest BCUT2D eigenvalue weighted by molar-refractivity contribution is -0.136. The SMILES string of the molecule is Cc1ccccc1CCN(C)C(=O)NCCC(=O)O. The van der Waals surface area contributed by atoms with E-state index in [9.17, 15) is 9.59 Å². The van der Waals surface area contributed by atoms with E-state index in [4.69, 9.17) is 5.11 Å². The van der Waals surface area contributed by atoms with Crippen LogP contribution in [0.1, 0.15) is 17.5 Å². The van der Waals surface area contributed by atoms with Crippen LogP contribution in [0, 0.1) is 6.92 Å². The van der Waals surface area contributed by atoms with E-state index in [2.05, 4.69) is 5.32 Å². The van der Waals surface area contributed by atoms with E-state index in [0.29, 0.717) is 6.54 Å². The van der Waals surface area contributed by atoms with Gasteiger partial charge in [0.1, 0.15) is 0 Å². The number of benzene rings is 1. The van der Waals surface area contributed by atoms with Crippen molar-refractivity contribution in [3.05, 3.63) is 35.4 Å². The summed E-state index contributed by atoms with van der Waals surface area (Å²) in [4.78, 5) is 23.6. The Kier molecular flexibility index (Phi) is 5.85. The number of carbonyl (C=O) groups excluding carboxylic acids is 1. The van der Waals surface area contributed by atoms with Crippen LogP contribution < -0.4 is 5.32 Å². The molecule has 0 unspecified atom stereocenters. The molecule has 1 aromatic rings. The van der Waals surface area contributed by atoms with E-state index >= 15 is 0 Å². The summed E-state index contributed by atoms with van der Waals surface area (Å²) < 4.78 is 0. The minimum Gasteiger partial charge on any atom is -0.481 e. The largest absolute Gasteiger partial charge is 0.481 e. The topological polar surface area (TPSA) is 69.6 Å². The predicted molar refractivity (Wildman–Crippen MR) is 73.2 cm³/mol. The van der Waals surface area contributed by atoms with E-state index in [1.165, 1.54) is 11.1 Å². The number of carboxylic acid groups (broad SMARTS) is 1. The van der Waals surface area contributed by atoms with E-state index in [0.717, 1.165) is 6.42 Å². The Labute approximate surface area is 113 Å². The maximum atomic E-state index is 11.7. The number of likely N-dealkylation sites (N-methyl/N-ethyl adjacent to an activating group) is 1. The summed E-state index contributed by atoms with van der Waals surface area (Å²) in [6.45, 7) is 2.80. The van der Waals surface area contributed by atoms with Gasteiger partial charge in [-0.05, 0) is 24.5 Å². The van der Waals surface area contributed by atoms with Gasteiger partial charge < -0.3 is 15.3 Å². The number of aryl methyl sites for hydroxylation is 1. The van der Waals surface area contributed by atoms with E-state index in [-0.39, 0.29) is 19.0 Å². The number of urea groups is 1. The molecule has 0 aliphatic heterocycles. The molecule has 2 N–H and O–H groups in total. The second-order valence-electron chi connectivity index (χ2n) is 4.47. The quantitative estimate of drug-likeness (QED) is 0.821. The first-order chi connectivity index (χ1) is 9.00. The third-order valence-corrected chi connectivity index (χ3v) is 2.94. The maximum Gasteiger partial charge on any atom is 0.317 e. The number of carbonyl (C=O) groups is 2. The molecule has 0 atom stereocenters. The number of nitrogens with zero attached hydrogens (tertiary/aromatic N) is 1. The van der Waals surface area contributed by atoms with Crippen LogP contribution in [0.2, 0.25) is 0 Å². The molecule has 0 radical (unpaired) electrons. The standard InChI is InChI=1S/C14H20N2O3/c1-11-5-3-4-6-12(11)8-10-16(2)14(19)15-9-7-13(17)18/h3-6H,7-10H2,1-2H3,(H,15,19)(H,17,18). The van der Waals surface area contributed by atoms with Crippen LogP contribution in [-0.2, 0) is 11.2 Å². The number of nitrogens with one attached hydrogen (secondary N) is 1. The van der Waals surface area contributed by atoms with Gasteiger partial charge in [-0.2, -0.15) is 0 Å². The smallest absolute Gasteiger partial charge is 0.317 e. The lowest BCUT2D eigenvalue weighted by Gasteiger charge is -2.18. The van der Waals surface area contributed by atoms with Crippen molar-refractivity contribution >= 4 is 12.0 Å². The fourth-order valence-corrected chi connectivity index (χ4v) is 1.69. The number of hydrogen-bond acceptors (Lipinski definition) is 2. The highest BCUT2D eigenvalue weighted by Crippen LogP contribution is 2.08. The zero-order chi connectivity index (χ0) is 14.3. The number of amides is 2. The van der Waals surface area contributed by atoms with Crippen molar-refractivity contribution in [3.63, 3.8) is 0 Å². The Morgan fingerprint density at radius 3 is 2.63 bits per heavy atom. The van der Waals surface area contributed by atoms with Gasteiger partial charge in [-0.3, -0.25) is 4.79 Å². The Morgan fingerprint density at radius 2 is 2.00 bits per heavy atom. The summed E-state index contributed by atoms with van der Waals surface area (Å²) >= 11 is 0. The van der Waals surface area contributed by atoms with E-state index in [1.807, 2.05) is 31.2 Å². The van der Waals surface area contributed by atoms with Crippen molar-refractivity contribution in [2.75, 3.05) is 20.1 Å². The molecule has 0 aliphatic carbocycles. The highest BCUT2D eigenvalue weighted by Gasteiger charge is 2.09. The zero-order valence-electron chi connectivity index (χ0n) is 11.3. The van der Waals surface area contributed by atoms with Gasteiger partial charge >= 0.3 is 12.0 Å². The first kappa shape index (κ1) is 15.0. The maximum absolute atomic E-state index is 11.7. The highest BCUT2D eigenvalue weighted by atomic mass is 16.4. The average molecular weight is 264 g/mol. The normalized spacial score (nSPS) is 10.0. The van der Waals surface area contributed by atoms with Gasteiger partial charge in [0.2, 0.25) is 0 Å². The molecule has 2 amide bonds. The van der Waals surface area contributed by atoms with Crippen LogP contribution in [-0.4, -0.2) is 42.1 Å². The molecule has 0 bridgehead atoms. The van der Waals surface area contributed by atoms with Crippen molar-refractivity contribution in [1.82, 2.24) is 10.2 Å². The lowest BCUT2D eigenvalue weighted by Crippen LogP contribution is -2.39. The third kappa shape index (κ3) is 5.42. The molecule has 0 aromatic heterocycles. The van der Waals surface area contributed by atoms with Gasteiger partial charge in [0, 0.05) is 20.1 Å². The number of rotatable bonds is 6. The van der Waals surface area contributed by atoms with E-state index in [1.54, 1.807) is 11.9 Å². The van der Waals surface area contributed by atoms with Crippen LogP contribution in [0.25, 0.3) is 0 Å². The van der Waals surface area contributed by atoms with Gasteiger partial charge in [-0.15, -0.1) is 0 Å². The van der Waals surface area contributed by atoms with Crippen molar-refractivity contribution in [2.45, 2.75) is 19.8 Å². The second kappa shape index (κ2) is 7.41. The van der Waals surface area contributed by atoms with Crippen LogP contribution in [0.15, 0.2) is 24.3 Å². The molecule has 0 heterocycles. The lowest BCUT2D eigenvalue weighted by atomic mass is 10.1. The van der Waals surface area contributed by atoms with Crippen LogP contribution in [0.5, 0.6) is 0 Å². The molecular formula is C14H20N2O3. The average Bonchev–Trinajstić information content (AvgIpc) is 2.36. The van der Waals surface area contributed by atoms with Gasteiger partial charge in [-0.25, -0.2) is 4.79 Å². The summed E-state index contributed by atoms with van der Waals surface area (Å²) in [5, 5.41) is 11.1. The van der Waals surface area contributed by atoms with Gasteiger partial charge in [-0.1, -0.05) is 24.3 Å². The molecule has 0 aliphatic rings. The first-order valence-electron chi connectivity index (χ1n) is 6.26. The molecule has 0 fully saturated rings. The predicted octanol–water partition coefficient (Wildman–Crippen LogP) is 1.65. The molecule has 0 saturated carbocycles. The van der Waals surface area contributed by atoms with Crippen molar-refractivity contribution in [1.29, 1.82) is 0 Å². The monoisotopic (exact) mass is 264 g/mol. The number of aliphatic carboxylic acids is 1. The molecule has 1 rings (SSSR count). The minimum absolute atomic E-state index is 0.0582. The molecule has 5 heteroatoms. The first-order valence-corrected chi connectivity index (χ1v) is 6.26. The Balaban J connectivity index is 2.34. The van der Waals surface area contributed by atoms with Crippen molar-refractivity contribution < 1.29 is 14.7 Å². The summed E-state index contributed by atoms with van der Waals surface area (Å²) in [5.41, 5.74) is 2.43.